The summed E-state index contributed by atoms with van der Waals surface area (Å²) < 4.78 is 5.07. The van der Waals surface area contributed by atoms with Crippen molar-refractivity contribution in [3.8, 4) is 11.8 Å². The molecule has 0 spiro atoms. The van der Waals surface area contributed by atoms with Gasteiger partial charge in [0.15, 0.2) is 0 Å². The van der Waals surface area contributed by atoms with E-state index < -0.39 is 10.8 Å². The third kappa shape index (κ3) is 5.45. The summed E-state index contributed by atoms with van der Waals surface area (Å²) in [5, 5.41) is 25.3. The molecule has 27 heavy (non-hydrogen) atoms. The van der Waals surface area contributed by atoms with E-state index in [1.165, 1.54) is 18.3 Å². The Balaban J connectivity index is 2.02. The molecule has 0 atom stereocenters. The van der Waals surface area contributed by atoms with Gasteiger partial charge in [-0.1, -0.05) is 23.7 Å². The maximum Gasteiger partial charge on any atom is 0.289 e. The molecule has 2 aromatic carbocycles. The number of nitro groups is 1. The van der Waals surface area contributed by atoms with E-state index in [0.717, 1.165) is 17.4 Å². The van der Waals surface area contributed by atoms with Crippen molar-refractivity contribution in [1.82, 2.24) is 5.32 Å². The number of nitrogens with zero attached hydrogens (tertiary/aromatic N) is 2. The van der Waals surface area contributed by atoms with E-state index in [4.69, 9.17) is 21.6 Å². The van der Waals surface area contributed by atoms with Crippen LogP contribution in [0.2, 0.25) is 5.02 Å². The molecular weight excluding hydrogens is 372 g/mol. The fourth-order valence-corrected chi connectivity index (χ4v) is 2.28. The summed E-state index contributed by atoms with van der Waals surface area (Å²) in [6, 6.07) is 12.9. The zero-order valence-electron chi connectivity index (χ0n) is 14.2. The minimum atomic E-state index is -0.698. The van der Waals surface area contributed by atoms with Crippen molar-refractivity contribution in [2.24, 2.45) is 0 Å². The molecule has 0 fully saturated rings. The highest BCUT2D eigenvalue weighted by Crippen LogP contribution is 2.27. The number of halogens is 1. The van der Waals surface area contributed by atoms with Crippen LogP contribution >= 0.6 is 11.6 Å². The monoisotopic (exact) mass is 386 g/mol. The first kappa shape index (κ1) is 19.8. The molecule has 0 aliphatic heterocycles. The zero-order chi connectivity index (χ0) is 19.8. The minimum absolute atomic E-state index is 0.0461. The normalized spacial score (nSPS) is 10.6. The van der Waals surface area contributed by atoms with Gasteiger partial charge < -0.3 is 15.4 Å². The fourth-order valence-electron chi connectivity index (χ4n) is 2.09. The molecule has 0 unspecified atom stereocenters. The Labute approximate surface area is 160 Å². The summed E-state index contributed by atoms with van der Waals surface area (Å²) in [6.45, 7) is 0.398. The summed E-state index contributed by atoms with van der Waals surface area (Å²) in [6.07, 6.45) is 1.28. The SMILES string of the molecule is COc1ccc(CN/C=C(/C#N)C(=O)Nc2ccc(Cl)c([N+](=O)[O-])c2)cc1. The number of ether oxygens (including phenoxy) is 1. The zero-order valence-corrected chi connectivity index (χ0v) is 15.0. The topological polar surface area (TPSA) is 117 Å². The number of anilines is 1. The third-order valence-corrected chi connectivity index (χ3v) is 3.80. The second-order valence-electron chi connectivity index (χ2n) is 5.28. The molecule has 0 saturated carbocycles. The Bertz CT molecular complexity index is 920. The number of nitrogens with one attached hydrogen (secondary N) is 2. The van der Waals surface area contributed by atoms with Crippen LogP contribution in [0.25, 0.3) is 0 Å². The Morgan fingerprint density at radius 2 is 2.04 bits per heavy atom. The number of benzene rings is 2. The van der Waals surface area contributed by atoms with E-state index in [-0.39, 0.29) is 22.0 Å². The summed E-state index contributed by atoms with van der Waals surface area (Å²) in [5.41, 5.74) is 0.571. The molecule has 0 radical (unpaired) electrons. The van der Waals surface area contributed by atoms with Crippen LogP contribution in [-0.2, 0) is 11.3 Å². The van der Waals surface area contributed by atoms with E-state index >= 15 is 0 Å². The molecule has 2 rings (SSSR count). The van der Waals surface area contributed by atoms with Crippen LogP contribution in [0.15, 0.2) is 54.2 Å². The highest BCUT2D eigenvalue weighted by Gasteiger charge is 2.15. The first-order valence-electron chi connectivity index (χ1n) is 7.66. The molecule has 2 N–H and O–H groups in total. The van der Waals surface area contributed by atoms with Crippen LogP contribution in [0.4, 0.5) is 11.4 Å². The van der Waals surface area contributed by atoms with Gasteiger partial charge in [0.05, 0.1) is 12.0 Å². The summed E-state index contributed by atoms with van der Waals surface area (Å²) in [7, 11) is 1.57. The number of carbonyl (C=O) groups is 1. The summed E-state index contributed by atoms with van der Waals surface area (Å²) in [4.78, 5) is 22.4. The maximum absolute atomic E-state index is 12.2. The number of carbonyl (C=O) groups excluding carboxylic acids is 1. The van der Waals surface area contributed by atoms with E-state index in [1.807, 2.05) is 12.1 Å². The van der Waals surface area contributed by atoms with Gasteiger partial charge in [0, 0.05) is 24.5 Å². The molecule has 0 aliphatic carbocycles. The van der Waals surface area contributed by atoms with Gasteiger partial charge in [-0.3, -0.25) is 14.9 Å². The molecule has 0 aliphatic rings. The molecule has 0 heterocycles. The van der Waals surface area contributed by atoms with Crippen molar-refractivity contribution in [2.45, 2.75) is 6.54 Å². The first-order valence-corrected chi connectivity index (χ1v) is 8.04. The number of rotatable bonds is 7. The number of nitriles is 1. The van der Waals surface area contributed by atoms with Crippen molar-refractivity contribution >= 4 is 28.9 Å². The molecule has 0 bridgehead atoms. The van der Waals surface area contributed by atoms with E-state index in [2.05, 4.69) is 10.6 Å². The highest BCUT2D eigenvalue weighted by molar-refractivity contribution is 6.32. The smallest absolute Gasteiger partial charge is 0.289 e. The van der Waals surface area contributed by atoms with E-state index in [1.54, 1.807) is 25.3 Å². The Morgan fingerprint density at radius 3 is 2.63 bits per heavy atom. The van der Waals surface area contributed by atoms with Gasteiger partial charge in [-0.05, 0) is 29.8 Å². The van der Waals surface area contributed by atoms with Crippen molar-refractivity contribution in [2.75, 3.05) is 12.4 Å². The van der Waals surface area contributed by atoms with Gasteiger partial charge in [-0.2, -0.15) is 5.26 Å². The van der Waals surface area contributed by atoms with Gasteiger partial charge in [-0.25, -0.2) is 0 Å². The van der Waals surface area contributed by atoms with Crippen molar-refractivity contribution in [3.05, 3.63) is 74.9 Å². The number of methoxy groups -OCH3 is 1. The molecule has 2 aromatic rings. The molecule has 1 amide bonds. The van der Waals surface area contributed by atoms with Gasteiger partial charge in [0.2, 0.25) is 0 Å². The van der Waals surface area contributed by atoms with Crippen molar-refractivity contribution in [3.63, 3.8) is 0 Å². The molecule has 0 aromatic heterocycles. The van der Waals surface area contributed by atoms with E-state index in [0.29, 0.717) is 6.54 Å². The lowest BCUT2D eigenvalue weighted by molar-refractivity contribution is -0.384. The first-order chi connectivity index (χ1) is 12.9. The standard InChI is InChI=1S/C18H15ClN4O4/c1-27-15-5-2-12(3-6-15)10-21-11-13(9-20)18(24)22-14-4-7-16(19)17(8-14)23(25)26/h2-8,11,21H,10H2,1H3,(H,22,24)/b13-11-. The largest absolute Gasteiger partial charge is 0.497 e. The Kier molecular flexibility index (Phi) is 6.74. The lowest BCUT2D eigenvalue weighted by atomic mass is 10.2. The maximum atomic E-state index is 12.2. The minimum Gasteiger partial charge on any atom is -0.497 e. The number of hydrogen-bond donors (Lipinski definition) is 2. The lowest BCUT2D eigenvalue weighted by Crippen LogP contribution is -2.16. The van der Waals surface area contributed by atoms with E-state index in [9.17, 15) is 14.9 Å². The predicted molar refractivity (Wildman–Crippen MR) is 100 cm³/mol. The Morgan fingerprint density at radius 1 is 1.33 bits per heavy atom. The Hall–Kier alpha value is -3.57. The average molecular weight is 387 g/mol. The number of amides is 1. The van der Waals surface area contributed by atoms with Crippen LogP contribution in [0.1, 0.15) is 5.56 Å². The highest BCUT2D eigenvalue weighted by atomic mass is 35.5. The molecule has 8 nitrogen and oxygen atoms in total. The van der Waals surface area contributed by atoms with Crippen LogP contribution in [-0.4, -0.2) is 17.9 Å². The van der Waals surface area contributed by atoms with Crippen molar-refractivity contribution in [1.29, 1.82) is 5.26 Å². The number of hydrogen-bond acceptors (Lipinski definition) is 6. The molecule has 9 heteroatoms. The second kappa shape index (κ2) is 9.22. The summed E-state index contributed by atoms with van der Waals surface area (Å²) in [5.74, 6) is 0.0276. The van der Waals surface area contributed by atoms with Crippen LogP contribution < -0.4 is 15.4 Å². The van der Waals surface area contributed by atoms with Gasteiger partial charge in [0.1, 0.15) is 22.4 Å². The molecule has 0 saturated heterocycles. The van der Waals surface area contributed by atoms with Crippen LogP contribution in [0, 0.1) is 21.4 Å². The second-order valence-corrected chi connectivity index (χ2v) is 5.68. The predicted octanol–water partition coefficient (Wildman–Crippen LogP) is 3.39. The van der Waals surface area contributed by atoms with Gasteiger partial charge in [0.25, 0.3) is 11.6 Å². The quantitative estimate of drug-likeness (QED) is 0.326. The molecule has 138 valence electrons. The van der Waals surface area contributed by atoms with Crippen LogP contribution in [0.3, 0.4) is 0 Å². The average Bonchev–Trinajstić information content (AvgIpc) is 2.67. The third-order valence-electron chi connectivity index (χ3n) is 3.48. The fraction of sp³-hybridized carbons (Fsp3) is 0.111. The molecular formula is C18H15ClN4O4. The van der Waals surface area contributed by atoms with Crippen LogP contribution in [0.5, 0.6) is 5.75 Å². The van der Waals surface area contributed by atoms with Gasteiger partial charge >= 0.3 is 0 Å². The number of nitro benzene ring substituents is 1. The van der Waals surface area contributed by atoms with Crippen molar-refractivity contribution < 1.29 is 14.5 Å². The lowest BCUT2D eigenvalue weighted by Gasteiger charge is -2.06. The summed E-state index contributed by atoms with van der Waals surface area (Å²) >= 11 is 5.73. The van der Waals surface area contributed by atoms with Gasteiger partial charge in [-0.15, -0.1) is 0 Å².